The number of imidazole rings is 1. The van der Waals surface area contributed by atoms with Crippen LogP contribution in [0, 0.1) is 0 Å². The van der Waals surface area contributed by atoms with Crippen LogP contribution < -0.4 is 5.32 Å². The molecule has 2 atom stereocenters. The van der Waals surface area contributed by atoms with E-state index in [4.69, 9.17) is 0 Å². The molecule has 3 N–H and O–H groups in total. The molecule has 20 heavy (non-hydrogen) atoms. The monoisotopic (exact) mass is 280 g/mol. The summed E-state index contributed by atoms with van der Waals surface area (Å²) in [5, 5.41) is 11.8. The normalized spacial score (nSPS) is 19.9. The van der Waals surface area contributed by atoms with Gasteiger partial charge in [-0.2, -0.15) is 0 Å². The van der Waals surface area contributed by atoms with Gasteiger partial charge in [0.15, 0.2) is 0 Å². The van der Waals surface area contributed by atoms with E-state index in [1.165, 1.54) is 6.33 Å². The number of carboxylic acid groups (broad SMARTS) is 1. The number of hydrogen-bond donors (Lipinski definition) is 3. The SMILES string of the molecule is CCC1CCCN1C(=O)N[C@@H](Cc1cnc[nH]1)C(=O)O. The molecule has 1 aromatic rings. The van der Waals surface area contributed by atoms with E-state index < -0.39 is 12.0 Å². The van der Waals surface area contributed by atoms with Gasteiger partial charge in [-0.1, -0.05) is 6.92 Å². The summed E-state index contributed by atoms with van der Waals surface area (Å²) in [5.41, 5.74) is 0.686. The van der Waals surface area contributed by atoms with Crippen molar-refractivity contribution in [3.8, 4) is 0 Å². The predicted molar refractivity (Wildman–Crippen MR) is 72.3 cm³/mol. The predicted octanol–water partition coefficient (Wildman–Crippen LogP) is 0.989. The fraction of sp³-hybridized carbons (Fsp3) is 0.615. The third kappa shape index (κ3) is 3.28. The number of urea groups is 1. The lowest BCUT2D eigenvalue weighted by Crippen LogP contribution is -2.50. The second-order valence-electron chi connectivity index (χ2n) is 5.02. The zero-order chi connectivity index (χ0) is 14.5. The number of rotatable bonds is 5. The van der Waals surface area contributed by atoms with Crippen LogP contribution in [0.4, 0.5) is 4.79 Å². The molecule has 0 spiro atoms. The highest BCUT2D eigenvalue weighted by atomic mass is 16.4. The summed E-state index contributed by atoms with van der Waals surface area (Å²) >= 11 is 0. The molecule has 1 fully saturated rings. The van der Waals surface area contributed by atoms with Gasteiger partial charge < -0.3 is 20.3 Å². The highest BCUT2D eigenvalue weighted by Gasteiger charge is 2.30. The quantitative estimate of drug-likeness (QED) is 0.749. The highest BCUT2D eigenvalue weighted by Crippen LogP contribution is 2.19. The highest BCUT2D eigenvalue weighted by molar-refractivity contribution is 5.83. The summed E-state index contributed by atoms with van der Waals surface area (Å²) in [4.78, 5) is 31.9. The van der Waals surface area contributed by atoms with Gasteiger partial charge in [0.05, 0.1) is 6.33 Å². The number of aromatic nitrogens is 2. The Hall–Kier alpha value is -2.05. The van der Waals surface area contributed by atoms with E-state index in [0.717, 1.165) is 19.3 Å². The number of H-pyrrole nitrogens is 1. The average molecular weight is 280 g/mol. The third-order valence-electron chi connectivity index (χ3n) is 3.68. The van der Waals surface area contributed by atoms with E-state index in [0.29, 0.717) is 12.2 Å². The van der Waals surface area contributed by atoms with E-state index >= 15 is 0 Å². The van der Waals surface area contributed by atoms with Crippen molar-refractivity contribution in [1.29, 1.82) is 0 Å². The molecule has 1 aliphatic heterocycles. The molecule has 7 nitrogen and oxygen atoms in total. The van der Waals surface area contributed by atoms with Crippen LogP contribution in [0.2, 0.25) is 0 Å². The molecular formula is C13H20N4O3. The van der Waals surface area contributed by atoms with Gasteiger partial charge in [-0.05, 0) is 19.3 Å². The molecule has 2 heterocycles. The minimum absolute atomic E-state index is 0.200. The summed E-state index contributed by atoms with van der Waals surface area (Å²) in [6.07, 6.45) is 6.11. The summed E-state index contributed by atoms with van der Waals surface area (Å²) in [5.74, 6) is -1.04. The molecule has 0 bridgehead atoms. The lowest BCUT2D eigenvalue weighted by atomic mass is 10.1. The molecule has 1 unspecified atom stereocenters. The van der Waals surface area contributed by atoms with Gasteiger partial charge in [0, 0.05) is 30.9 Å². The van der Waals surface area contributed by atoms with Crippen LogP contribution in [-0.4, -0.2) is 50.6 Å². The Morgan fingerprint density at radius 3 is 3.05 bits per heavy atom. The molecule has 1 aromatic heterocycles. The minimum atomic E-state index is -1.04. The maximum atomic E-state index is 12.2. The van der Waals surface area contributed by atoms with Gasteiger partial charge in [0.2, 0.25) is 0 Å². The fourth-order valence-electron chi connectivity index (χ4n) is 2.58. The lowest BCUT2D eigenvalue weighted by Gasteiger charge is -2.25. The van der Waals surface area contributed by atoms with Gasteiger partial charge in [0.25, 0.3) is 0 Å². The van der Waals surface area contributed by atoms with Crippen LogP contribution >= 0.6 is 0 Å². The van der Waals surface area contributed by atoms with Crippen LogP contribution in [0.25, 0.3) is 0 Å². The average Bonchev–Trinajstić information content (AvgIpc) is 3.08. The molecular weight excluding hydrogens is 260 g/mol. The first-order chi connectivity index (χ1) is 9.61. The number of nitrogens with one attached hydrogen (secondary N) is 2. The van der Waals surface area contributed by atoms with Crippen molar-refractivity contribution < 1.29 is 14.7 Å². The Morgan fingerprint density at radius 2 is 2.45 bits per heavy atom. The summed E-state index contributed by atoms with van der Waals surface area (Å²) in [7, 11) is 0. The molecule has 0 radical (unpaired) electrons. The molecule has 0 aliphatic carbocycles. The van der Waals surface area contributed by atoms with E-state index in [-0.39, 0.29) is 18.5 Å². The number of carboxylic acids is 1. The number of likely N-dealkylation sites (tertiary alicyclic amines) is 1. The molecule has 0 saturated carbocycles. The van der Waals surface area contributed by atoms with Crippen molar-refractivity contribution >= 4 is 12.0 Å². The maximum Gasteiger partial charge on any atom is 0.326 e. The molecule has 1 aliphatic rings. The first-order valence-corrected chi connectivity index (χ1v) is 6.89. The molecule has 110 valence electrons. The summed E-state index contributed by atoms with van der Waals surface area (Å²) in [6.45, 7) is 2.73. The van der Waals surface area contributed by atoms with Crippen molar-refractivity contribution in [3.05, 3.63) is 18.2 Å². The lowest BCUT2D eigenvalue weighted by molar-refractivity contribution is -0.139. The van der Waals surface area contributed by atoms with Crippen LogP contribution in [0.5, 0.6) is 0 Å². The third-order valence-corrected chi connectivity index (χ3v) is 3.68. The Bertz CT molecular complexity index is 460. The van der Waals surface area contributed by atoms with Crippen molar-refractivity contribution in [1.82, 2.24) is 20.2 Å². The largest absolute Gasteiger partial charge is 0.480 e. The van der Waals surface area contributed by atoms with Gasteiger partial charge in [0.1, 0.15) is 6.04 Å². The molecule has 2 rings (SSSR count). The van der Waals surface area contributed by atoms with Crippen LogP contribution in [0.1, 0.15) is 31.9 Å². The van der Waals surface area contributed by atoms with Gasteiger partial charge >= 0.3 is 12.0 Å². The standard InChI is InChI=1S/C13H20N4O3/c1-2-10-4-3-5-17(10)13(20)16-11(12(18)19)6-9-7-14-8-15-9/h7-8,10-11H,2-6H2,1H3,(H,14,15)(H,16,20)(H,18,19)/t10?,11-/m0/s1. The van der Waals surface area contributed by atoms with Crippen LogP contribution in [0.3, 0.4) is 0 Å². The Labute approximate surface area is 117 Å². The molecule has 7 heteroatoms. The number of aliphatic carboxylic acids is 1. The second-order valence-corrected chi connectivity index (χ2v) is 5.02. The van der Waals surface area contributed by atoms with Crippen molar-refractivity contribution in [2.45, 2.75) is 44.7 Å². The summed E-state index contributed by atoms with van der Waals surface area (Å²) < 4.78 is 0. The van der Waals surface area contributed by atoms with Gasteiger partial charge in [-0.15, -0.1) is 0 Å². The second kappa shape index (κ2) is 6.40. The van der Waals surface area contributed by atoms with Gasteiger partial charge in [-0.3, -0.25) is 0 Å². The minimum Gasteiger partial charge on any atom is -0.480 e. The number of aromatic amines is 1. The Morgan fingerprint density at radius 1 is 1.65 bits per heavy atom. The smallest absolute Gasteiger partial charge is 0.326 e. The van der Waals surface area contributed by atoms with Crippen molar-refractivity contribution in [3.63, 3.8) is 0 Å². The Kier molecular flexibility index (Phi) is 4.60. The van der Waals surface area contributed by atoms with E-state index in [9.17, 15) is 14.7 Å². The fourth-order valence-corrected chi connectivity index (χ4v) is 2.58. The zero-order valence-electron chi connectivity index (χ0n) is 11.5. The van der Waals surface area contributed by atoms with E-state index in [1.54, 1.807) is 11.1 Å². The first-order valence-electron chi connectivity index (χ1n) is 6.89. The van der Waals surface area contributed by atoms with Gasteiger partial charge in [-0.25, -0.2) is 14.6 Å². The number of carbonyl (C=O) groups is 2. The number of amides is 2. The first kappa shape index (κ1) is 14.4. The molecule has 1 saturated heterocycles. The number of nitrogens with zero attached hydrogens (tertiary/aromatic N) is 2. The van der Waals surface area contributed by atoms with Crippen LogP contribution in [0.15, 0.2) is 12.5 Å². The molecule has 0 aromatic carbocycles. The number of carbonyl (C=O) groups excluding carboxylic acids is 1. The van der Waals surface area contributed by atoms with Crippen molar-refractivity contribution in [2.75, 3.05) is 6.54 Å². The molecule has 2 amide bonds. The van der Waals surface area contributed by atoms with Crippen LogP contribution in [-0.2, 0) is 11.2 Å². The maximum absolute atomic E-state index is 12.2. The number of hydrogen-bond acceptors (Lipinski definition) is 3. The van der Waals surface area contributed by atoms with E-state index in [1.807, 2.05) is 6.92 Å². The topological polar surface area (TPSA) is 98.3 Å². The zero-order valence-corrected chi connectivity index (χ0v) is 11.5. The van der Waals surface area contributed by atoms with Crippen molar-refractivity contribution in [2.24, 2.45) is 0 Å². The van der Waals surface area contributed by atoms with E-state index in [2.05, 4.69) is 15.3 Å². The summed E-state index contributed by atoms with van der Waals surface area (Å²) in [6, 6.07) is -1.01. The Balaban J connectivity index is 1.97.